The summed E-state index contributed by atoms with van der Waals surface area (Å²) in [5, 5.41) is 10.6. The van der Waals surface area contributed by atoms with Gasteiger partial charge in [0.1, 0.15) is 11.4 Å². The van der Waals surface area contributed by atoms with Crippen molar-refractivity contribution in [2.75, 3.05) is 11.5 Å². The predicted octanol–water partition coefficient (Wildman–Crippen LogP) is 4.66. The SMILES string of the molecule is CCOc1cc(C2c3c(oc4ccc(C)cc4c3=O)C(=O)N2c2cccc(C)n2)ccc1O. The van der Waals surface area contributed by atoms with Crippen LogP contribution in [0.5, 0.6) is 11.5 Å². The van der Waals surface area contributed by atoms with Crippen molar-refractivity contribution in [2.24, 2.45) is 0 Å². The fraction of sp³-hybridized carbons (Fsp3) is 0.192. The normalized spacial score (nSPS) is 15.2. The molecule has 1 unspecified atom stereocenters. The summed E-state index contributed by atoms with van der Waals surface area (Å²) >= 11 is 0. The van der Waals surface area contributed by atoms with Crippen LogP contribution in [-0.2, 0) is 0 Å². The van der Waals surface area contributed by atoms with Gasteiger partial charge in [-0.1, -0.05) is 23.8 Å². The number of hydrogen-bond donors (Lipinski definition) is 1. The minimum absolute atomic E-state index is 0.00399. The molecule has 7 heteroatoms. The molecule has 0 bridgehead atoms. The van der Waals surface area contributed by atoms with Crippen LogP contribution in [0.15, 0.2) is 63.8 Å². The second kappa shape index (κ2) is 7.78. The number of hydrogen-bond acceptors (Lipinski definition) is 6. The Bertz CT molecular complexity index is 1470. The molecule has 5 rings (SSSR count). The summed E-state index contributed by atoms with van der Waals surface area (Å²) in [5.74, 6) is 0.206. The first-order valence-electron chi connectivity index (χ1n) is 10.7. The molecule has 1 aliphatic rings. The van der Waals surface area contributed by atoms with Crippen LogP contribution >= 0.6 is 0 Å². The number of phenols is 1. The molecule has 33 heavy (non-hydrogen) atoms. The van der Waals surface area contributed by atoms with E-state index in [1.165, 1.54) is 11.0 Å². The average Bonchev–Trinajstić information content (AvgIpc) is 3.08. The maximum atomic E-state index is 13.7. The van der Waals surface area contributed by atoms with Crippen LogP contribution in [-0.4, -0.2) is 22.6 Å². The van der Waals surface area contributed by atoms with Crippen LogP contribution < -0.4 is 15.1 Å². The van der Waals surface area contributed by atoms with E-state index in [-0.39, 0.29) is 28.3 Å². The summed E-state index contributed by atoms with van der Waals surface area (Å²) in [7, 11) is 0. The first-order valence-corrected chi connectivity index (χ1v) is 10.7. The van der Waals surface area contributed by atoms with Gasteiger partial charge < -0.3 is 14.3 Å². The molecule has 0 aliphatic carbocycles. The Labute approximate surface area is 189 Å². The van der Waals surface area contributed by atoms with E-state index in [1.807, 2.05) is 39.0 Å². The molecule has 1 aliphatic heterocycles. The lowest BCUT2D eigenvalue weighted by atomic mass is 9.97. The smallest absolute Gasteiger partial charge is 0.296 e. The Morgan fingerprint density at radius 3 is 2.67 bits per heavy atom. The third-order valence-electron chi connectivity index (χ3n) is 5.75. The summed E-state index contributed by atoms with van der Waals surface area (Å²) in [6.45, 7) is 5.89. The lowest BCUT2D eigenvalue weighted by Gasteiger charge is -2.25. The molecule has 7 nitrogen and oxygen atoms in total. The summed E-state index contributed by atoms with van der Waals surface area (Å²) in [6.07, 6.45) is 0. The van der Waals surface area contributed by atoms with Crippen molar-refractivity contribution in [1.82, 2.24) is 4.98 Å². The van der Waals surface area contributed by atoms with Crippen LogP contribution in [0.1, 0.15) is 45.9 Å². The highest BCUT2D eigenvalue weighted by Gasteiger charge is 2.44. The van der Waals surface area contributed by atoms with E-state index < -0.39 is 11.9 Å². The van der Waals surface area contributed by atoms with Crippen molar-refractivity contribution >= 4 is 22.7 Å². The Hall–Kier alpha value is -4.13. The van der Waals surface area contributed by atoms with Crippen LogP contribution in [0.25, 0.3) is 11.0 Å². The monoisotopic (exact) mass is 442 g/mol. The third-order valence-corrected chi connectivity index (χ3v) is 5.75. The molecule has 0 saturated carbocycles. The zero-order chi connectivity index (χ0) is 23.3. The number of benzene rings is 2. The number of amides is 1. The van der Waals surface area contributed by atoms with Gasteiger partial charge in [-0.2, -0.15) is 0 Å². The van der Waals surface area contributed by atoms with Gasteiger partial charge in [-0.15, -0.1) is 0 Å². The van der Waals surface area contributed by atoms with E-state index in [0.717, 1.165) is 11.3 Å². The number of aryl methyl sites for hydroxylation is 2. The van der Waals surface area contributed by atoms with Gasteiger partial charge in [-0.25, -0.2) is 4.98 Å². The maximum absolute atomic E-state index is 13.7. The lowest BCUT2D eigenvalue weighted by Crippen LogP contribution is -2.30. The fourth-order valence-corrected chi connectivity index (χ4v) is 4.27. The minimum Gasteiger partial charge on any atom is -0.504 e. The van der Waals surface area contributed by atoms with Gasteiger partial charge in [0, 0.05) is 5.69 Å². The van der Waals surface area contributed by atoms with Crippen molar-refractivity contribution in [2.45, 2.75) is 26.8 Å². The largest absolute Gasteiger partial charge is 0.504 e. The van der Waals surface area contributed by atoms with Crippen LogP contribution in [0.4, 0.5) is 5.82 Å². The maximum Gasteiger partial charge on any atom is 0.296 e. The molecule has 2 aromatic heterocycles. The van der Waals surface area contributed by atoms with Crippen molar-refractivity contribution in [3.63, 3.8) is 0 Å². The van der Waals surface area contributed by atoms with Gasteiger partial charge in [0.15, 0.2) is 16.9 Å². The van der Waals surface area contributed by atoms with Crippen LogP contribution in [0.2, 0.25) is 0 Å². The molecule has 4 aromatic rings. The molecule has 0 spiro atoms. The van der Waals surface area contributed by atoms with Crippen molar-refractivity contribution in [1.29, 1.82) is 0 Å². The van der Waals surface area contributed by atoms with Crippen LogP contribution in [0.3, 0.4) is 0 Å². The van der Waals surface area contributed by atoms with E-state index in [0.29, 0.717) is 29.0 Å². The van der Waals surface area contributed by atoms with Crippen molar-refractivity contribution < 1.29 is 19.1 Å². The zero-order valence-electron chi connectivity index (χ0n) is 18.5. The standard InChI is InChI=1S/C26H22N2O5/c1-4-32-20-13-16(9-10-18(20)29)23-22-24(30)17-12-14(2)8-11-19(17)33-25(22)26(31)28(23)21-7-5-6-15(3)27-21/h5-13,23,29H,4H2,1-3H3. The molecule has 1 amide bonds. The van der Waals surface area contributed by atoms with Crippen molar-refractivity contribution in [3.8, 4) is 11.5 Å². The van der Waals surface area contributed by atoms with E-state index in [9.17, 15) is 14.7 Å². The second-order valence-electron chi connectivity index (χ2n) is 8.05. The molecule has 0 radical (unpaired) electrons. The summed E-state index contributed by atoms with van der Waals surface area (Å²) < 4.78 is 11.5. The highest BCUT2D eigenvalue weighted by atomic mass is 16.5. The highest BCUT2D eigenvalue weighted by Crippen LogP contribution is 2.42. The number of nitrogens with zero attached hydrogens (tertiary/aromatic N) is 2. The Morgan fingerprint density at radius 1 is 1.09 bits per heavy atom. The van der Waals surface area contributed by atoms with Crippen molar-refractivity contribution in [3.05, 3.63) is 93.0 Å². The first-order chi connectivity index (χ1) is 15.9. The molecule has 1 N–H and O–H groups in total. The van der Waals surface area contributed by atoms with E-state index in [2.05, 4.69) is 4.98 Å². The molecular weight excluding hydrogens is 420 g/mol. The number of carbonyl (C=O) groups is 1. The number of fused-ring (bicyclic) bond motifs is 2. The Kier molecular flexibility index (Phi) is 4.89. The van der Waals surface area contributed by atoms with Gasteiger partial charge >= 0.3 is 0 Å². The molecule has 3 heterocycles. The minimum atomic E-state index is -0.789. The average molecular weight is 442 g/mol. The molecule has 2 aromatic carbocycles. The van der Waals surface area contributed by atoms with E-state index in [4.69, 9.17) is 9.15 Å². The number of aromatic nitrogens is 1. The Balaban J connectivity index is 1.81. The summed E-state index contributed by atoms with van der Waals surface area (Å²) in [4.78, 5) is 33.3. The van der Waals surface area contributed by atoms with E-state index >= 15 is 0 Å². The van der Waals surface area contributed by atoms with Gasteiger partial charge in [0.2, 0.25) is 5.76 Å². The Morgan fingerprint density at radius 2 is 1.91 bits per heavy atom. The van der Waals surface area contributed by atoms with E-state index in [1.54, 1.807) is 30.3 Å². The molecule has 1 atom stereocenters. The number of pyridine rings is 1. The second-order valence-corrected chi connectivity index (χ2v) is 8.05. The number of anilines is 1. The van der Waals surface area contributed by atoms with Gasteiger partial charge in [0.25, 0.3) is 5.91 Å². The lowest BCUT2D eigenvalue weighted by molar-refractivity contribution is 0.0970. The molecule has 0 saturated heterocycles. The topological polar surface area (TPSA) is 92.9 Å². The fourth-order valence-electron chi connectivity index (χ4n) is 4.27. The highest BCUT2D eigenvalue weighted by molar-refractivity contribution is 6.10. The molecular formula is C26H22N2O5. The number of aromatic hydroxyl groups is 1. The molecule has 166 valence electrons. The third kappa shape index (κ3) is 3.33. The van der Waals surface area contributed by atoms with Gasteiger partial charge in [-0.3, -0.25) is 14.5 Å². The number of phenolic OH excluding ortho intramolecular Hbond substituents is 1. The number of carbonyl (C=O) groups excluding carboxylic acids is 1. The summed E-state index contributed by atoms with van der Waals surface area (Å²) in [5.41, 5.74) is 2.58. The quantitative estimate of drug-likeness (QED) is 0.494. The number of ether oxygens (including phenoxy) is 1. The predicted molar refractivity (Wildman–Crippen MR) is 124 cm³/mol. The first kappa shape index (κ1) is 20.8. The van der Waals surface area contributed by atoms with Crippen LogP contribution in [0, 0.1) is 13.8 Å². The zero-order valence-corrected chi connectivity index (χ0v) is 18.5. The van der Waals surface area contributed by atoms with Gasteiger partial charge in [-0.05, 0) is 62.7 Å². The molecule has 0 fully saturated rings. The van der Waals surface area contributed by atoms with Gasteiger partial charge in [0.05, 0.1) is 23.6 Å². The number of rotatable bonds is 4. The summed E-state index contributed by atoms with van der Waals surface area (Å²) in [6, 6.07) is 14.7.